The van der Waals surface area contributed by atoms with Crippen molar-refractivity contribution in [1.82, 2.24) is 0 Å². The molecule has 0 heterocycles. The zero-order valence-electron chi connectivity index (χ0n) is 25.7. The summed E-state index contributed by atoms with van der Waals surface area (Å²) >= 11 is 0. The lowest BCUT2D eigenvalue weighted by molar-refractivity contribution is 0.0705. The van der Waals surface area contributed by atoms with Crippen LogP contribution in [0.25, 0.3) is 11.1 Å². The Morgan fingerprint density at radius 3 is 1.26 bits per heavy atom. The number of nitrogens with zero attached hydrogens (tertiary/aromatic N) is 1. The van der Waals surface area contributed by atoms with E-state index in [1.807, 2.05) is 103 Å². The fraction of sp³-hybridized carbons (Fsp3) is 0.211. The molecule has 5 rings (SSSR count). The largest absolute Gasteiger partial charge is 0.491 e. The number of aliphatic hydroxyl groups is 2. The normalized spacial score (nSPS) is 10.8. The summed E-state index contributed by atoms with van der Waals surface area (Å²) in [5.41, 5.74) is 5.10. The molecule has 2 N–H and O–H groups in total. The summed E-state index contributed by atoms with van der Waals surface area (Å²) in [5.74, 6) is 3.04. The van der Waals surface area contributed by atoms with E-state index in [1.54, 1.807) is 0 Å². The number of aliphatic hydroxyl groups excluding tert-OH is 2. The van der Waals surface area contributed by atoms with E-state index in [0.717, 1.165) is 51.2 Å². The zero-order valence-corrected chi connectivity index (χ0v) is 25.7. The van der Waals surface area contributed by atoms with Crippen LogP contribution in [0.5, 0.6) is 23.0 Å². The van der Waals surface area contributed by atoms with Crippen molar-refractivity contribution in [1.29, 1.82) is 0 Å². The Labute approximate surface area is 269 Å². The number of rotatable bonds is 18. The third kappa shape index (κ3) is 9.57. The van der Waals surface area contributed by atoms with Gasteiger partial charge in [-0.3, -0.25) is 0 Å². The van der Waals surface area contributed by atoms with Gasteiger partial charge in [-0.25, -0.2) is 0 Å². The van der Waals surface area contributed by atoms with E-state index in [1.165, 1.54) is 0 Å². The summed E-state index contributed by atoms with van der Waals surface area (Å²) in [7, 11) is 0. The molecule has 46 heavy (non-hydrogen) atoms. The highest BCUT2D eigenvalue weighted by atomic mass is 16.5. The van der Waals surface area contributed by atoms with Crippen LogP contribution in [0.4, 0.5) is 17.1 Å². The van der Waals surface area contributed by atoms with Gasteiger partial charge in [-0.05, 0) is 96.1 Å². The average Bonchev–Trinajstić information content (AvgIpc) is 3.11. The van der Waals surface area contributed by atoms with Crippen LogP contribution in [-0.2, 0) is 9.47 Å². The molecule has 238 valence electrons. The first kappa shape index (κ1) is 32.5. The van der Waals surface area contributed by atoms with Gasteiger partial charge in [0.05, 0.1) is 39.6 Å². The highest BCUT2D eigenvalue weighted by molar-refractivity contribution is 5.78. The summed E-state index contributed by atoms with van der Waals surface area (Å²) < 4.78 is 28.1. The minimum atomic E-state index is -0.00438. The van der Waals surface area contributed by atoms with Crippen molar-refractivity contribution in [3.8, 4) is 34.1 Å². The number of para-hydroxylation sites is 1. The summed E-state index contributed by atoms with van der Waals surface area (Å²) in [4.78, 5) is 2.18. The van der Waals surface area contributed by atoms with Gasteiger partial charge in [0, 0.05) is 17.1 Å². The van der Waals surface area contributed by atoms with Gasteiger partial charge < -0.3 is 38.8 Å². The van der Waals surface area contributed by atoms with Crippen molar-refractivity contribution in [3.05, 3.63) is 127 Å². The van der Waals surface area contributed by atoms with Gasteiger partial charge in [0.1, 0.15) is 36.2 Å². The molecule has 0 aromatic heterocycles. The van der Waals surface area contributed by atoms with E-state index in [-0.39, 0.29) is 13.2 Å². The molecule has 0 atom stereocenters. The number of anilines is 3. The molecule has 0 saturated heterocycles. The molecule has 5 aromatic rings. The van der Waals surface area contributed by atoms with Crippen LogP contribution in [0.1, 0.15) is 0 Å². The number of hydrogen-bond donors (Lipinski definition) is 2. The molecular formula is C38H39NO7. The van der Waals surface area contributed by atoms with E-state index in [9.17, 15) is 0 Å². The molecular weight excluding hydrogens is 582 g/mol. The second-order valence-corrected chi connectivity index (χ2v) is 10.2. The second kappa shape index (κ2) is 17.6. The topological polar surface area (TPSA) is 89.9 Å². The van der Waals surface area contributed by atoms with E-state index in [2.05, 4.69) is 29.2 Å². The van der Waals surface area contributed by atoms with Crippen LogP contribution in [0.3, 0.4) is 0 Å². The van der Waals surface area contributed by atoms with Gasteiger partial charge in [0.25, 0.3) is 0 Å². The summed E-state index contributed by atoms with van der Waals surface area (Å²) in [5, 5.41) is 17.7. The predicted molar refractivity (Wildman–Crippen MR) is 180 cm³/mol. The fourth-order valence-corrected chi connectivity index (χ4v) is 4.74. The quantitative estimate of drug-likeness (QED) is 0.0980. The first-order valence-electron chi connectivity index (χ1n) is 15.3. The van der Waals surface area contributed by atoms with Crippen LogP contribution in [0.15, 0.2) is 127 Å². The van der Waals surface area contributed by atoms with Crippen LogP contribution in [0, 0.1) is 0 Å². The van der Waals surface area contributed by atoms with Crippen molar-refractivity contribution in [2.45, 2.75) is 0 Å². The lowest BCUT2D eigenvalue weighted by Crippen LogP contribution is -2.11. The van der Waals surface area contributed by atoms with Gasteiger partial charge in [-0.2, -0.15) is 0 Å². The van der Waals surface area contributed by atoms with Crippen molar-refractivity contribution in [2.24, 2.45) is 0 Å². The zero-order chi connectivity index (χ0) is 31.8. The molecule has 0 spiro atoms. The van der Waals surface area contributed by atoms with Crippen LogP contribution >= 0.6 is 0 Å². The van der Waals surface area contributed by atoms with Gasteiger partial charge in [-0.1, -0.05) is 42.5 Å². The molecule has 0 aliphatic carbocycles. The van der Waals surface area contributed by atoms with Crippen molar-refractivity contribution in [2.75, 3.05) is 57.8 Å². The maximum absolute atomic E-state index is 8.87. The molecule has 5 aromatic carbocycles. The van der Waals surface area contributed by atoms with Crippen molar-refractivity contribution in [3.63, 3.8) is 0 Å². The van der Waals surface area contributed by atoms with Crippen LogP contribution in [0.2, 0.25) is 0 Å². The summed E-state index contributed by atoms with van der Waals surface area (Å²) in [6.07, 6.45) is 0. The molecule has 0 aliphatic rings. The Hall–Kier alpha value is -4.86. The highest BCUT2D eigenvalue weighted by Gasteiger charge is 2.14. The molecule has 0 bridgehead atoms. The predicted octanol–water partition coefficient (Wildman–Crippen LogP) is 7.39. The summed E-state index contributed by atoms with van der Waals surface area (Å²) in [6.45, 7) is 2.28. The molecule has 8 nitrogen and oxygen atoms in total. The maximum Gasteiger partial charge on any atom is 0.127 e. The average molecular weight is 622 g/mol. The van der Waals surface area contributed by atoms with E-state index >= 15 is 0 Å². The molecule has 0 aliphatic heterocycles. The number of ether oxygens (including phenoxy) is 5. The number of hydrogen-bond acceptors (Lipinski definition) is 8. The fourth-order valence-electron chi connectivity index (χ4n) is 4.74. The SMILES string of the molecule is OCCOCCOc1ccc(-c2ccc(N(c3ccc(OCCOCCO)cc3)c3ccc(Oc4ccccc4)cc3)cc2)cc1. The van der Waals surface area contributed by atoms with Gasteiger partial charge >= 0.3 is 0 Å². The van der Waals surface area contributed by atoms with Crippen molar-refractivity contribution < 1.29 is 33.9 Å². The Balaban J connectivity index is 1.32. The van der Waals surface area contributed by atoms with Crippen LogP contribution < -0.4 is 19.1 Å². The molecule has 0 fully saturated rings. The third-order valence-corrected chi connectivity index (χ3v) is 6.95. The highest BCUT2D eigenvalue weighted by Crippen LogP contribution is 2.37. The summed E-state index contributed by atoms with van der Waals surface area (Å²) in [6, 6.07) is 42.1. The molecule has 8 heteroatoms. The lowest BCUT2D eigenvalue weighted by atomic mass is 10.0. The minimum Gasteiger partial charge on any atom is -0.491 e. The van der Waals surface area contributed by atoms with E-state index in [4.69, 9.17) is 33.9 Å². The Bertz CT molecular complexity index is 1560. The minimum absolute atomic E-state index is 0.00438. The Kier molecular flexibility index (Phi) is 12.4. The first-order valence-corrected chi connectivity index (χ1v) is 15.3. The molecule has 0 unspecified atom stereocenters. The standard InChI is InChI=1S/C38H39NO7/c40-22-24-42-26-28-44-35-16-8-31(9-17-35)30-6-10-32(11-7-30)39(33-12-18-36(19-13-33)45-29-27-43-25-23-41)34-14-20-38(21-15-34)46-37-4-2-1-3-5-37/h1-21,40-41H,22-29H2. The Morgan fingerprint density at radius 1 is 0.391 bits per heavy atom. The van der Waals surface area contributed by atoms with Crippen molar-refractivity contribution >= 4 is 17.1 Å². The van der Waals surface area contributed by atoms with E-state index in [0.29, 0.717) is 39.6 Å². The monoisotopic (exact) mass is 621 g/mol. The second-order valence-electron chi connectivity index (χ2n) is 10.2. The molecule has 0 saturated carbocycles. The molecule has 0 amide bonds. The van der Waals surface area contributed by atoms with Gasteiger partial charge in [-0.15, -0.1) is 0 Å². The first-order chi connectivity index (χ1) is 22.7. The Morgan fingerprint density at radius 2 is 0.783 bits per heavy atom. The van der Waals surface area contributed by atoms with Gasteiger partial charge in [0.15, 0.2) is 0 Å². The van der Waals surface area contributed by atoms with Gasteiger partial charge in [0.2, 0.25) is 0 Å². The number of benzene rings is 5. The molecule has 0 radical (unpaired) electrons. The third-order valence-electron chi connectivity index (χ3n) is 6.95. The van der Waals surface area contributed by atoms with E-state index < -0.39 is 0 Å². The smallest absolute Gasteiger partial charge is 0.127 e. The lowest BCUT2D eigenvalue weighted by Gasteiger charge is -2.26. The van der Waals surface area contributed by atoms with Crippen LogP contribution in [-0.4, -0.2) is 63.1 Å². The maximum atomic E-state index is 8.87.